The number of hydrogen-bond acceptors (Lipinski definition) is 5. The molecule has 1 heterocycles. The topological polar surface area (TPSA) is 68.8 Å². The molecule has 2 aromatic rings. The SMILES string of the molecule is Cn1ncnc1CC(CSc1ccccc1Cl)NN. The monoisotopic (exact) mass is 297 g/mol. The number of halogens is 1. The summed E-state index contributed by atoms with van der Waals surface area (Å²) in [5.41, 5.74) is 2.81. The third kappa shape index (κ3) is 3.94. The van der Waals surface area contributed by atoms with Crippen molar-refractivity contribution in [1.82, 2.24) is 20.2 Å². The molecule has 1 unspecified atom stereocenters. The first kappa shape index (κ1) is 14.3. The van der Waals surface area contributed by atoms with Gasteiger partial charge in [-0.25, -0.2) is 4.98 Å². The average molecular weight is 298 g/mol. The van der Waals surface area contributed by atoms with Gasteiger partial charge in [0.15, 0.2) is 0 Å². The molecule has 0 spiro atoms. The quantitative estimate of drug-likeness (QED) is 0.482. The van der Waals surface area contributed by atoms with Crippen LogP contribution < -0.4 is 11.3 Å². The van der Waals surface area contributed by atoms with Gasteiger partial charge >= 0.3 is 0 Å². The highest BCUT2D eigenvalue weighted by Gasteiger charge is 2.12. The molecule has 3 N–H and O–H groups in total. The standard InChI is InChI=1S/C12H16ClN5S/c1-18-12(15-8-16-18)6-9(17-14)7-19-11-5-3-2-4-10(11)13/h2-5,8-9,17H,6-7,14H2,1H3. The second-order valence-electron chi connectivity index (χ2n) is 4.11. The van der Waals surface area contributed by atoms with Crippen molar-refractivity contribution in [3.8, 4) is 0 Å². The highest BCUT2D eigenvalue weighted by atomic mass is 35.5. The highest BCUT2D eigenvalue weighted by Crippen LogP contribution is 2.27. The minimum absolute atomic E-state index is 0.115. The Bertz CT molecular complexity index is 530. The van der Waals surface area contributed by atoms with E-state index in [0.29, 0.717) is 0 Å². The molecule has 19 heavy (non-hydrogen) atoms. The first-order valence-corrected chi connectivity index (χ1v) is 7.23. The Morgan fingerprint density at radius 2 is 2.26 bits per heavy atom. The van der Waals surface area contributed by atoms with E-state index in [9.17, 15) is 0 Å². The van der Waals surface area contributed by atoms with E-state index in [1.54, 1.807) is 22.8 Å². The number of aromatic nitrogens is 3. The predicted molar refractivity (Wildman–Crippen MR) is 78.0 cm³/mol. The van der Waals surface area contributed by atoms with Crippen LogP contribution in [0.1, 0.15) is 5.82 Å². The summed E-state index contributed by atoms with van der Waals surface area (Å²) in [6.07, 6.45) is 2.27. The van der Waals surface area contributed by atoms with Crippen molar-refractivity contribution in [2.75, 3.05) is 5.75 Å². The Kier molecular flexibility index (Phi) is 5.21. The smallest absolute Gasteiger partial charge is 0.138 e. The first-order valence-electron chi connectivity index (χ1n) is 5.87. The van der Waals surface area contributed by atoms with Crippen molar-refractivity contribution >= 4 is 23.4 Å². The van der Waals surface area contributed by atoms with Gasteiger partial charge in [-0.1, -0.05) is 23.7 Å². The number of nitrogens with zero attached hydrogens (tertiary/aromatic N) is 3. The lowest BCUT2D eigenvalue weighted by Crippen LogP contribution is -2.39. The zero-order valence-electron chi connectivity index (χ0n) is 10.6. The maximum Gasteiger partial charge on any atom is 0.138 e. The Balaban J connectivity index is 1.93. The van der Waals surface area contributed by atoms with E-state index in [1.165, 1.54) is 0 Å². The molecular weight excluding hydrogens is 282 g/mol. The molecule has 7 heteroatoms. The second kappa shape index (κ2) is 6.91. The summed E-state index contributed by atoms with van der Waals surface area (Å²) in [6.45, 7) is 0. The maximum atomic E-state index is 6.12. The van der Waals surface area contributed by atoms with Crippen LogP contribution in [0.25, 0.3) is 0 Å². The molecule has 1 atom stereocenters. The Morgan fingerprint density at radius 3 is 2.89 bits per heavy atom. The molecule has 0 radical (unpaired) electrons. The molecular formula is C12H16ClN5S. The average Bonchev–Trinajstić information content (AvgIpc) is 2.81. The van der Waals surface area contributed by atoms with E-state index < -0.39 is 0 Å². The molecule has 0 aliphatic carbocycles. The van der Waals surface area contributed by atoms with Crippen molar-refractivity contribution < 1.29 is 0 Å². The summed E-state index contributed by atoms with van der Waals surface area (Å²) in [5, 5.41) is 4.81. The second-order valence-corrected chi connectivity index (χ2v) is 5.58. The van der Waals surface area contributed by atoms with Gasteiger partial charge in [-0.15, -0.1) is 11.8 Å². The van der Waals surface area contributed by atoms with Gasteiger partial charge in [0.25, 0.3) is 0 Å². The minimum Gasteiger partial charge on any atom is -0.271 e. The minimum atomic E-state index is 0.115. The molecule has 1 aromatic carbocycles. The summed E-state index contributed by atoms with van der Waals surface area (Å²) in [5.74, 6) is 7.31. The fourth-order valence-electron chi connectivity index (χ4n) is 1.64. The molecule has 102 valence electrons. The maximum absolute atomic E-state index is 6.12. The lowest BCUT2D eigenvalue weighted by Gasteiger charge is -2.15. The van der Waals surface area contributed by atoms with Gasteiger partial charge < -0.3 is 0 Å². The van der Waals surface area contributed by atoms with Crippen LogP contribution in [-0.4, -0.2) is 26.6 Å². The van der Waals surface area contributed by atoms with Crippen LogP contribution >= 0.6 is 23.4 Å². The summed E-state index contributed by atoms with van der Waals surface area (Å²) in [4.78, 5) is 5.25. The highest BCUT2D eigenvalue weighted by molar-refractivity contribution is 7.99. The van der Waals surface area contributed by atoms with Crippen LogP contribution in [0.15, 0.2) is 35.5 Å². The fraction of sp³-hybridized carbons (Fsp3) is 0.333. The van der Waals surface area contributed by atoms with Crippen LogP contribution in [0, 0.1) is 0 Å². The molecule has 5 nitrogen and oxygen atoms in total. The number of hydrazine groups is 1. The summed E-state index contributed by atoms with van der Waals surface area (Å²) < 4.78 is 1.75. The van der Waals surface area contributed by atoms with E-state index in [-0.39, 0.29) is 6.04 Å². The van der Waals surface area contributed by atoms with Crippen LogP contribution in [0.2, 0.25) is 5.02 Å². The number of aryl methyl sites for hydroxylation is 1. The normalized spacial score (nSPS) is 12.6. The van der Waals surface area contributed by atoms with E-state index in [4.69, 9.17) is 17.4 Å². The fourth-order valence-corrected chi connectivity index (χ4v) is 2.92. The summed E-state index contributed by atoms with van der Waals surface area (Å²) in [7, 11) is 1.87. The Labute approximate surface area is 121 Å². The largest absolute Gasteiger partial charge is 0.271 e. The van der Waals surface area contributed by atoms with Gasteiger partial charge in [0.2, 0.25) is 0 Å². The number of thioether (sulfide) groups is 1. The molecule has 0 aliphatic rings. The van der Waals surface area contributed by atoms with Gasteiger partial charge in [0.1, 0.15) is 12.2 Å². The number of hydrogen-bond donors (Lipinski definition) is 2. The van der Waals surface area contributed by atoms with Crippen molar-refractivity contribution in [1.29, 1.82) is 0 Å². The molecule has 0 aliphatic heterocycles. The lowest BCUT2D eigenvalue weighted by molar-refractivity contribution is 0.544. The van der Waals surface area contributed by atoms with Gasteiger partial charge in [0, 0.05) is 30.2 Å². The first-order chi connectivity index (χ1) is 9.20. The summed E-state index contributed by atoms with van der Waals surface area (Å²) >= 11 is 7.80. The number of rotatable bonds is 6. The lowest BCUT2D eigenvalue weighted by atomic mass is 10.2. The third-order valence-corrected chi connectivity index (χ3v) is 4.42. The van der Waals surface area contributed by atoms with Crippen LogP contribution in [0.5, 0.6) is 0 Å². The Hall–Kier alpha value is -1.08. The number of benzene rings is 1. The van der Waals surface area contributed by atoms with E-state index in [0.717, 1.165) is 27.9 Å². The van der Waals surface area contributed by atoms with E-state index >= 15 is 0 Å². The zero-order chi connectivity index (χ0) is 13.7. The van der Waals surface area contributed by atoms with Gasteiger partial charge in [-0.2, -0.15) is 5.10 Å². The van der Waals surface area contributed by atoms with E-state index in [2.05, 4.69) is 15.5 Å². The van der Waals surface area contributed by atoms with Gasteiger partial charge in [0.05, 0.1) is 5.02 Å². The van der Waals surface area contributed by atoms with E-state index in [1.807, 2.05) is 31.3 Å². The van der Waals surface area contributed by atoms with Crippen LogP contribution in [0.3, 0.4) is 0 Å². The number of nitrogens with one attached hydrogen (secondary N) is 1. The molecule has 0 amide bonds. The van der Waals surface area contributed by atoms with Gasteiger partial charge in [-0.3, -0.25) is 16.0 Å². The van der Waals surface area contributed by atoms with Crippen molar-refractivity contribution in [2.45, 2.75) is 17.4 Å². The van der Waals surface area contributed by atoms with Gasteiger partial charge in [-0.05, 0) is 12.1 Å². The predicted octanol–water partition coefficient (Wildman–Crippen LogP) is 1.64. The zero-order valence-corrected chi connectivity index (χ0v) is 12.2. The molecule has 0 bridgehead atoms. The van der Waals surface area contributed by atoms with Crippen LogP contribution in [-0.2, 0) is 13.5 Å². The molecule has 0 fully saturated rings. The van der Waals surface area contributed by atoms with Crippen molar-refractivity contribution in [2.24, 2.45) is 12.9 Å². The number of nitrogens with two attached hydrogens (primary N) is 1. The molecule has 1 aromatic heterocycles. The molecule has 2 rings (SSSR count). The summed E-state index contributed by atoms with van der Waals surface area (Å²) in [6, 6.07) is 7.90. The van der Waals surface area contributed by atoms with Crippen LogP contribution in [0.4, 0.5) is 0 Å². The molecule has 0 saturated carbocycles. The Morgan fingerprint density at radius 1 is 1.47 bits per heavy atom. The molecule has 0 saturated heterocycles. The van der Waals surface area contributed by atoms with Crippen molar-refractivity contribution in [3.05, 3.63) is 41.4 Å². The van der Waals surface area contributed by atoms with Crippen molar-refractivity contribution in [3.63, 3.8) is 0 Å². The third-order valence-electron chi connectivity index (χ3n) is 2.75.